The lowest BCUT2D eigenvalue weighted by molar-refractivity contribution is 0.219. The van der Waals surface area contributed by atoms with Crippen molar-refractivity contribution < 1.29 is 17.9 Å². The molecule has 0 radical (unpaired) electrons. The van der Waals surface area contributed by atoms with Crippen LogP contribution in [0, 0.1) is 0 Å². The monoisotopic (exact) mass is 299 g/mol. The van der Waals surface area contributed by atoms with Crippen LogP contribution in [0.3, 0.4) is 0 Å². The zero-order valence-corrected chi connectivity index (χ0v) is 12.9. The Bertz CT molecular complexity index is 578. The van der Waals surface area contributed by atoms with Crippen molar-refractivity contribution in [1.29, 1.82) is 0 Å². The maximum atomic E-state index is 11.1. The molecule has 0 aliphatic carbocycles. The third kappa shape index (κ3) is 3.86. The highest BCUT2D eigenvalue weighted by Gasteiger charge is 2.35. The van der Waals surface area contributed by atoms with Crippen molar-refractivity contribution >= 4 is 9.84 Å². The summed E-state index contributed by atoms with van der Waals surface area (Å²) < 4.78 is 33.2. The van der Waals surface area contributed by atoms with Gasteiger partial charge >= 0.3 is 0 Å². The molecular weight excluding hydrogens is 278 g/mol. The number of hydrogen-bond acceptors (Lipinski definition) is 5. The molecule has 0 amide bonds. The van der Waals surface area contributed by atoms with Crippen LogP contribution in [0.1, 0.15) is 19.4 Å². The third-order valence-corrected chi connectivity index (χ3v) is 4.82. The van der Waals surface area contributed by atoms with Gasteiger partial charge in [-0.2, -0.15) is 0 Å². The van der Waals surface area contributed by atoms with E-state index >= 15 is 0 Å². The van der Waals surface area contributed by atoms with Crippen LogP contribution in [0.15, 0.2) is 18.2 Å². The zero-order valence-electron chi connectivity index (χ0n) is 12.0. The van der Waals surface area contributed by atoms with E-state index in [9.17, 15) is 8.42 Å². The van der Waals surface area contributed by atoms with Crippen molar-refractivity contribution in [2.75, 3.05) is 18.6 Å². The van der Waals surface area contributed by atoms with Gasteiger partial charge in [0, 0.05) is 5.54 Å². The van der Waals surface area contributed by atoms with Crippen LogP contribution >= 0.6 is 0 Å². The quantitative estimate of drug-likeness (QED) is 0.882. The first-order valence-corrected chi connectivity index (χ1v) is 8.33. The Morgan fingerprint density at radius 1 is 1.30 bits per heavy atom. The Balaban J connectivity index is 2.10. The Morgan fingerprint density at radius 2 is 1.95 bits per heavy atom. The van der Waals surface area contributed by atoms with Crippen molar-refractivity contribution in [2.24, 2.45) is 5.73 Å². The fourth-order valence-electron chi connectivity index (χ4n) is 2.21. The van der Waals surface area contributed by atoms with Gasteiger partial charge in [-0.1, -0.05) is 6.07 Å². The van der Waals surface area contributed by atoms with Gasteiger partial charge in [0.25, 0.3) is 0 Å². The van der Waals surface area contributed by atoms with Crippen LogP contribution < -0.4 is 15.2 Å². The summed E-state index contributed by atoms with van der Waals surface area (Å²) in [5.74, 6) is 1.34. The summed E-state index contributed by atoms with van der Waals surface area (Å²) >= 11 is 0. The number of benzene rings is 1. The van der Waals surface area contributed by atoms with Crippen LogP contribution in [-0.4, -0.2) is 38.7 Å². The van der Waals surface area contributed by atoms with E-state index in [0.29, 0.717) is 11.5 Å². The van der Waals surface area contributed by atoms with E-state index < -0.39 is 9.84 Å². The first-order chi connectivity index (χ1) is 9.18. The summed E-state index contributed by atoms with van der Waals surface area (Å²) in [6, 6.07) is 5.63. The van der Waals surface area contributed by atoms with Gasteiger partial charge in [0.15, 0.2) is 21.3 Å². The van der Waals surface area contributed by atoms with Gasteiger partial charge in [-0.25, -0.2) is 8.42 Å². The van der Waals surface area contributed by atoms with Gasteiger partial charge in [0.1, 0.15) is 6.10 Å². The third-order valence-electron chi connectivity index (χ3n) is 3.06. The fraction of sp³-hybridized carbons (Fsp3) is 0.571. The molecule has 1 saturated heterocycles. The minimum absolute atomic E-state index is 0.0771. The minimum atomic E-state index is -2.88. The Hall–Kier alpha value is -1.27. The molecule has 1 aliphatic rings. The lowest BCUT2D eigenvalue weighted by Crippen LogP contribution is -2.45. The van der Waals surface area contributed by atoms with Crippen LogP contribution in [0.2, 0.25) is 0 Å². The molecule has 20 heavy (non-hydrogen) atoms. The van der Waals surface area contributed by atoms with E-state index in [1.165, 1.54) is 0 Å². The second kappa shape index (κ2) is 5.26. The maximum absolute atomic E-state index is 11.1. The number of nitrogens with two attached hydrogens (primary N) is 1. The van der Waals surface area contributed by atoms with Gasteiger partial charge in [-0.05, 0) is 38.0 Å². The largest absolute Gasteiger partial charge is 0.493 e. The molecule has 0 unspecified atom stereocenters. The summed E-state index contributed by atoms with van der Waals surface area (Å²) in [5, 5.41) is 0. The Labute approximate surface area is 120 Å². The highest BCUT2D eigenvalue weighted by molar-refractivity contribution is 7.92. The van der Waals surface area contributed by atoms with Gasteiger partial charge in [-0.3, -0.25) is 0 Å². The number of methoxy groups -OCH3 is 1. The second-order valence-electron chi connectivity index (χ2n) is 5.97. The molecule has 6 heteroatoms. The topological polar surface area (TPSA) is 78.6 Å². The lowest BCUT2D eigenvalue weighted by atomic mass is 9.96. The van der Waals surface area contributed by atoms with Crippen molar-refractivity contribution in [3.8, 4) is 11.5 Å². The smallest absolute Gasteiger partial charge is 0.161 e. The first-order valence-electron chi connectivity index (χ1n) is 6.51. The SMILES string of the molecule is COc1cc(CC(C)(C)N)ccc1OC1CS(=O)(=O)C1. The molecule has 112 valence electrons. The van der Waals surface area contributed by atoms with Crippen LogP contribution in [0.5, 0.6) is 11.5 Å². The zero-order chi connectivity index (χ0) is 15.0. The van der Waals surface area contributed by atoms with E-state index in [-0.39, 0.29) is 23.1 Å². The Morgan fingerprint density at radius 3 is 2.45 bits per heavy atom. The van der Waals surface area contributed by atoms with E-state index in [2.05, 4.69) is 0 Å². The molecule has 2 N–H and O–H groups in total. The maximum Gasteiger partial charge on any atom is 0.161 e. The molecule has 1 fully saturated rings. The highest BCUT2D eigenvalue weighted by Crippen LogP contribution is 2.31. The molecule has 0 spiro atoms. The average Bonchev–Trinajstić information content (AvgIpc) is 2.26. The Kier molecular flexibility index (Phi) is 3.97. The predicted molar refractivity (Wildman–Crippen MR) is 78.0 cm³/mol. The van der Waals surface area contributed by atoms with E-state index in [4.69, 9.17) is 15.2 Å². The van der Waals surface area contributed by atoms with Gasteiger partial charge in [0.2, 0.25) is 0 Å². The van der Waals surface area contributed by atoms with E-state index in [1.54, 1.807) is 7.11 Å². The minimum Gasteiger partial charge on any atom is -0.493 e. The normalized spacial score (nSPS) is 18.4. The van der Waals surface area contributed by atoms with Crippen LogP contribution in [0.4, 0.5) is 0 Å². The first kappa shape index (κ1) is 15.1. The molecule has 1 heterocycles. The second-order valence-corrected chi connectivity index (χ2v) is 8.12. The van der Waals surface area contributed by atoms with E-state index in [0.717, 1.165) is 12.0 Å². The molecular formula is C14H21NO4S. The summed E-state index contributed by atoms with van der Waals surface area (Å²) in [5.41, 5.74) is 6.76. The fourth-order valence-corrected chi connectivity index (χ4v) is 3.38. The average molecular weight is 299 g/mol. The number of ether oxygens (including phenoxy) is 2. The molecule has 0 atom stereocenters. The van der Waals surface area contributed by atoms with Crippen LogP contribution in [-0.2, 0) is 16.3 Å². The van der Waals surface area contributed by atoms with E-state index in [1.807, 2.05) is 32.0 Å². The molecule has 1 aromatic carbocycles. The van der Waals surface area contributed by atoms with Crippen molar-refractivity contribution in [2.45, 2.75) is 31.9 Å². The summed E-state index contributed by atoms with van der Waals surface area (Å²) in [7, 11) is -1.32. The standard InChI is InChI=1S/C14H21NO4S/c1-14(2,15)7-10-4-5-12(13(6-10)18-3)19-11-8-20(16,17)9-11/h4-6,11H,7-9,15H2,1-3H3. The van der Waals surface area contributed by atoms with Gasteiger partial charge in [0.05, 0.1) is 18.6 Å². The molecule has 0 saturated carbocycles. The lowest BCUT2D eigenvalue weighted by Gasteiger charge is -2.27. The summed E-state index contributed by atoms with van der Waals surface area (Å²) in [6.45, 7) is 3.92. The predicted octanol–water partition coefficient (Wildman–Crippen LogP) is 1.15. The molecule has 1 aliphatic heterocycles. The molecule has 5 nitrogen and oxygen atoms in total. The van der Waals surface area contributed by atoms with Crippen molar-refractivity contribution in [1.82, 2.24) is 0 Å². The molecule has 0 bridgehead atoms. The highest BCUT2D eigenvalue weighted by atomic mass is 32.2. The number of rotatable bonds is 5. The van der Waals surface area contributed by atoms with Gasteiger partial charge < -0.3 is 15.2 Å². The molecule has 2 rings (SSSR count). The van der Waals surface area contributed by atoms with Gasteiger partial charge in [-0.15, -0.1) is 0 Å². The van der Waals surface area contributed by atoms with Crippen molar-refractivity contribution in [3.05, 3.63) is 23.8 Å². The summed E-state index contributed by atoms with van der Waals surface area (Å²) in [6.07, 6.45) is 0.451. The summed E-state index contributed by atoms with van der Waals surface area (Å²) in [4.78, 5) is 0. The molecule has 0 aromatic heterocycles. The van der Waals surface area contributed by atoms with Crippen molar-refractivity contribution in [3.63, 3.8) is 0 Å². The van der Waals surface area contributed by atoms with Crippen LogP contribution in [0.25, 0.3) is 0 Å². The molecule has 1 aromatic rings. The number of hydrogen-bond donors (Lipinski definition) is 1. The number of sulfone groups is 1.